The number of likely N-dealkylation sites (N-methyl/N-ethyl adjacent to an activating group) is 1. The number of aliphatic hydroxyl groups is 1. The summed E-state index contributed by atoms with van der Waals surface area (Å²) in [6, 6.07) is 11.8. The molecule has 21 heavy (non-hydrogen) atoms. The average Bonchev–Trinajstić information content (AvgIpc) is 2.99. The molecule has 0 radical (unpaired) electrons. The fourth-order valence-electron chi connectivity index (χ4n) is 1.84. The summed E-state index contributed by atoms with van der Waals surface area (Å²) in [7, 11) is 2.09. The van der Waals surface area contributed by atoms with Crippen molar-refractivity contribution in [2.75, 3.05) is 26.8 Å². The monoisotopic (exact) mass is 301 g/mol. The van der Waals surface area contributed by atoms with Gasteiger partial charge in [-0.1, -0.05) is 17.9 Å². The van der Waals surface area contributed by atoms with E-state index in [-0.39, 0.29) is 6.61 Å². The quantitative estimate of drug-likeness (QED) is 0.833. The van der Waals surface area contributed by atoms with Crippen molar-refractivity contribution in [3.63, 3.8) is 0 Å². The topological polar surface area (TPSA) is 32.7 Å². The molecule has 0 unspecified atom stereocenters. The standard InChI is InChI=1S/C17H19NO2S/c1-18(14-17-5-3-13-21-17)10-12-20-16-8-6-15(7-9-16)4-2-11-19/h3,5-9,13,19H,10-12,14H2,1H3. The van der Waals surface area contributed by atoms with Gasteiger partial charge in [0.25, 0.3) is 0 Å². The lowest BCUT2D eigenvalue weighted by Gasteiger charge is -2.16. The lowest BCUT2D eigenvalue weighted by molar-refractivity contribution is 0.234. The highest BCUT2D eigenvalue weighted by molar-refractivity contribution is 7.09. The first-order valence-corrected chi connectivity index (χ1v) is 7.69. The molecule has 0 bridgehead atoms. The van der Waals surface area contributed by atoms with Crippen molar-refractivity contribution in [3.05, 3.63) is 52.2 Å². The second-order valence-corrected chi connectivity index (χ2v) is 5.68. The van der Waals surface area contributed by atoms with Crippen molar-refractivity contribution in [1.29, 1.82) is 0 Å². The number of hydrogen-bond acceptors (Lipinski definition) is 4. The Morgan fingerprint density at radius 3 is 2.71 bits per heavy atom. The van der Waals surface area contributed by atoms with E-state index in [1.807, 2.05) is 24.3 Å². The molecule has 0 spiro atoms. The van der Waals surface area contributed by atoms with Crippen molar-refractivity contribution in [2.45, 2.75) is 6.54 Å². The van der Waals surface area contributed by atoms with E-state index < -0.39 is 0 Å². The third kappa shape index (κ3) is 5.60. The summed E-state index contributed by atoms with van der Waals surface area (Å²) in [5.74, 6) is 6.32. The zero-order valence-corrected chi connectivity index (χ0v) is 12.9. The van der Waals surface area contributed by atoms with Crippen LogP contribution >= 0.6 is 11.3 Å². The minimum Gasteiger partial charge on any atom is -0.492 e. The Labute approximate surface area is 129 Å². The molecule has 1 N–H and O–H groups in total. The summed E-state index contributed by atoms with van der Waals surface area (Å²) < 4.78 is 5.72. The minimum atomic E-state index is -0.116. The van der Waals surface area contributed by atoms with Gasteiger partial charge in [0, 0.05) is 23.5 Å². The van der Waals surface area contributed by atoms with Crippen LogP contribution in [-0.2, 0) is 6.54 Å². The Kier molecular flexibility index (Phi) is 6.29. The van der Waals surface area contributed by atoms with Gasteiger partial charge in [0.2, 0.25) is 0 Å². The second-order valence-electron chi connectivity index (χ2n) is 4.65. The smallest absolute Gasteiger partial charge is 0.119 e. The lowest BCUT2D eigenvalue weighted by atomic mass is 10.2. The first-order chi connectivity index (χ1) is 10.3. The maximum absolute atomic E-state index is 8.64. The maximum Gasteiger partial charge on any atom is 0.119 e. The van der Waals surface area contributed by atoms with Gasteiger partial charge in [-0.2, -0.15) is 0 Å². The molecule has 0 saturated heterocycles. The fraction of sp³-hybridized carbons (Fsp3) is 0.294. The number of hydrogen-bond donors (Lipinski definition) is 1. The van der Waals surface area contributed by atoms with E-state index in [0.29, 0.717) is 6.61 Å². The zero-order chi connectivity index (χ0) is 14.9. The number of nitrogens with zero attached hydrogens (tertiary/aromatic N) is 1. The number of thiophene rings is 1. The van der Waals surface area contributed by atoms with E-state index >= 15 is 0 Å². The Hall–Kier alpha value is -1.80. The molecule has 1 aromatic heterocycles. The van der Waals surface area contributed by atoms with Crippen LogP contribution in [0.2, 0.25) is 0 Å². The molecule has 3 nitrogen and oxygen atoms in total. The molecule has 0 fully saturated rings. The number of rotatable bonds is 6. The zero-order valence-electron chi connectivity index (χ0n) is 12.1. The molecule has 2 rings (SSSR count). The van der Waals surface area contributed by atoms with Gasteiger partial charge in [-0.3, -0.25) is 4.90 Å². The molecule has 0 aliphatic carbocycles. The largest absolute Gasteiger partial charge is 0.492 e. The summed E-state index contributed by atoms with van der Waals surface area (Å²) in [5, 5.41) is 10.7. The summed E-state index contributed by atoms with van der Waals surface area (Å²) in [5.41, 5.74) is 0.881. The van der Waals surface area contributed by atoms with Crippen LogP contribution in [0.25, 0.3) is 0 Å². The van der Waals surface area contributed by atoms with Crippen molar-refractivity contribution in [2.24, 2.45) is 0 Å². The summed E-state index contributed by atoms with van der Waals surface area (Å²) in [6.07, 6.45) is 0. The Morgan fingerprint density at radius 1 is 1.24 bits per heavy atom. The highest BCUT2D eigenvalue weighted by atomic mass is 32.1. The predicted molar refractivity (Wildman–Crippen MR) is 86.6 cm³/mol. The highest BCUT2D eigenvalue weighted by Gasteiger charge is 2.01. The highest BCUT2D eigenvalue weighted by Crippen LogP contribution is 2.13. The predicted octanol–water partition coefficient (Wildman–Crippen LogP) is 2.60. The van der Waals surface area contributed by atoms with Gasteiger partial charge in [0.15, 0.2) is 0 Å². The van der Waals surface area contributed by atoms with E-state index in [4.69, 9.17) is 9.84 Å². The minimum absolute atomic E-state index is 0.116. The molecule has 2 aromatic rings. The molecule has 1 heterocycles. The van der Waals surface area contributed by atoms with Gasteiger partial charge < -0.3 is 9.84 Å². The maximum atomic E-state index is 8.64. The van der Waals surface area contributed by atoms with Crippen LogP contribution in [0.3, 0.4) is 0 Å². The van der Waals surface area contributed by atoms with Crippen LogP contribution in [0.4, 0.5) is 0 Å². The average molecular weight is 301 g/mol. The van der Waals surface area contributed by atoms with E-state index in [9.17, 15) is 0 Å². The van der Waals surface area contributed by atoms with E-state index in [1.54, 1.807) is 11.3 Å². The molecule has 0 saturated carbocycles. The van der Waals surface area contributed by atoms with Crippen LogP contribution in [0.1, 0.15) is 10.4 Å². The molecule has 0 atom stereocenters. The first kappa shape index (κ1) is 15.6. The molecule has 4 heteroatoms. The molecule has 0 aliphatic heterocycles. The molecule has 110 valence electrons. The van der Waals surface area contributed by atoms with Crippen LogP contribution in [0.5, 0.6) is 5.75 Å². The second kappa shape index (κ2) is 8.48. The van der Waals surface area contributed by atoms with Gasteiger partial charge in [0.1, 0.15) is 19.0 Å². The van der Waals surface area contributed by atoms with Gasteiger partial charge in [-0.15, -0.1) is 11.3 Å². The van der Waals surface area contributed by atoms with Gasteiger partial charge in [0.05, 0.1) is 0 Å². The molecule has 0 aliphatic rings. The van der Waals surface area contributed by atoms with E-state index in [1.165, 1.54) is 4.88 Å². The van der Waals surface area contributed by atoms with E-state index in [2.05, 4.69) is 41.3 Å². The summed E-state index contributed by atoms with van der Waals surface area (Å²) >= 11 is 1.78. The molecular weight excluding hydrogens is 282 g/mol. The molecular formula is C17H19NO2S. The van der Waals surface area contributed by atoms with Crippen LogP contribution in [0, 0.1) is 11.8 Å². The van der Waals surface area contributed by atoms with E-state index in [0.717, 1.165) is 24.4 Å². The van der Waals surface area contributed by atoms with Crippen molar-refractivity contribution in [1.82, 2.24) is 4.90 Å². The summed E-state index contributed by atoms with van der Waals surface area (Å²) in [4.78, 5) is 3.61. The SMILES string of the molecule is CN(CCOc1ccc(C#CCO)cc1)Cc1cccs1. The van der Waals surface area contributed by atoms with Crippen molar-refractivity contribution < 1.29 is 9.84 Å². The van der Waals surface area contributed by atoms with Crippen molar-refractivity contribution >= 4 is 11.3 Å². The third-order valence-corrected chi connectivity index (χ3v) is 3.77. The normalized spacial score (nSPS) is 10.2. The van der Waals surface area contributed by atoms with Gasteiger partial charge in [-0.25, -0.2) is 0 Å². The lowest BCUT2D eigenvalue weighted by Crippen LogP contribution is -2.23. The Bertz CT molecular complexity index is 581. The number of benzene rings is 1. The van der Waals surface area contributed by atoms with Crippen molar-refractivity contribution in [3.8, 4) is 17.6 Å². The first-order valence-electron chi connectivity index (χ1n) is 6.81. The molecule has 1 aromatic carbocycles. The fourth-order valence-corrected chi connectivity index (χ4v) is 2.63. The Balaban J connectivity index is 1.73. The number of ether oxygens (including phenoxy) is 1. The Morgan fingerprint density at radius 2 is 2.05 bits per heavy atom. The third-order valence-electron chi connectivity index (χ3n) is 2.91. The summed E-state index contributed by atoms with van der Waals surface area (Å²) in [6.45, 7) is 2.37. The van der Waals surface area contributed by atoms with Gasteiger partial charge >= 0.3 is 0 Å². The van der Waals surface area contributed by atoms with Crippen LogP contribution in [-0.4, -0.2) is 36.8 Å². The number of aliphatic hydroxyl groups excluding tert-OH is 1. The molecule has 0 amide bonds. The van der Waals surface area contributed by atoms with Crippen LogP contribution in [0.15, 0.2) is 41.8 Å². The van der Waals surface area contributed by atoms with Crippen LogP contribution < -0.4 is 4.74 Å². The van der Waals surface area contributed by atoms with Gasteiger partial charge in [-0.05, 0) is 42.8 Å².